The highest BCUT2D eigenvalue weighted by Crippen LogP contribution is 2.22. The molecule has 0 spiro atoms. The van der Waals surface area contributed by atoms with Crippen LogP contribution in [-0.4, -0.2) is 25.7 Å². The predicted octanol–water partition coefficient (Wildman–Crippen LogP) is 1.77. The van der Waals surface area contributed by atoms with Crippen LogP contribution in [0.4, 0.5) is 0 Å². The van der Waals surface area contributed by atoms with Crippen LogP contribution in [0.1, 0.15) is 18.4 Å². The Hall–Kier alpha value is -1.35. The van der Waals surface area contributed by atoms with Crippen molar-refractivity contribution in [3.05, 3.63) is 35.9 Å². The normalized spacial score (nSPS) is 24.3. The fourth-order valence-corrected chi connectivity index (χ4v) is 2.49. The summed E-state index contributed by atoms with van der Waals surface area (Å²) in [5.74, 6) is 0.212. The third-order valence-electron chi connectivity index (χ3n) is 3.38. The first-order valence-electron chi connectivity index (χ1n) is 6.16. The zero-order valence-corrected chi connectivity index (χ0v) is 10.2. The van der Waals surface area contributed by atoms with Gasteiger partial charge in [-0.05, 0) is 37.3 Å². The lowest BCUT2D eigenvalue weighted by Gasteiger charge is -2.30. The Balaban J connectivity index is 2.04. The number of ether oxygens (including phenoxy) is 1. The van der Waals surface area contributed by atoms with E-state index in [2.05, 4.69) is 17.4 Å². The van der Waals surface area contributed by atoms with E-state index in [-0.39, 0.29) is 12.0 Å². The molecule has 0 unspecified atom stereocenters. The molecule has 2 rings (SSSR count). The highest BCUT2D eigenvalue weighted by Gasteiger charge is 2.31. The number of carbonyl (C=O) groups is 1. The van der Waals surface area contributed by atoms with Gasteiger partial charge in [0.1, 0.15) is 6.04 Å². The van der Waals surface area contributed by atoms with E-state index >= 15 is 0 Å². The van der Waals surface area contributed by atoms with Crippen LogP contribution in [0.25, 0.3) is 0 Å². The van der Waals surface area contributed by atoms with Crippen molar-refractivity contribution in [3.63, 3.8) is 0 Å². The number of carbonyl (C=O) groups excluding carboxylic acids is 1. The van der Waals surface area contributed by atoms with E-state index in [0.717, 1.165) is 25.8 Å². The molecule has 1 aliphatic heterocycles. The molecule has 1 fully saturated rings. The second kappa shape index (κ2) is 5.82. The molecule has 0 bridgehead atoms. The zero-order chi connectivity index (χ0) is 12.1. The number of piperidine rings is 1. The van der Waals surface area contributed by atoms with Gasteiger partial charge in [-0.15, -0.1) is 0 Å². The van der Waals surface area contributed by atoms with Gasteiger partial charge < -0.3 is 10.1 Å². The molecule has 0 radical (unpaired) electrons. The molecular formula is C14H19NO2. The average molecular weight is 233 g/mol. The molecule has 0 aliphatic carbocycles. The first-order valence-corrected chi connectivity index (χ1v) is 6.16. The molecule has 0 saturated carbocycles. The topological polar surface area (TPSA) is 38.3 Å². The molecule has 1 aromatic carbocycles. The summed E-state index contributed by atoms with van der Waals surface area (Å²) in [6.07, 6.45) is 3.15. The van der Waals surface area contributed by atoms with E-state index < -0.39 is 0 Å². The van der Waals surface area contributed by atoms with Crippen LogP contribution < -0.4 is 5.32 Å². The third kappa shape index (κ3) is 3.07. The minimum absolute atomic E-state index is 0.134. The largest absolute Gasteiger partial charge is 0.468 e. The molecule has 92 valence electrons. The van der Waals surface area contributed by atoms with Crippen molar-refractivity contribution < 1.29 is 9.53 Å². The van der Waals surface area contributed by atoms with Gasteiger partial charge in [0, 0.05) is 0 Å². The monoisotopic (exact) mass is 233 g/mol. The van der Waals surface area contributed by atoms with Crippen LogP contribution in [0.15, 0.2) is 30.3 Å². The van der Waals surface area contributed by atoms with E-state index in [1.54, 1.807) is 0 Å². The Bertz CT molecular complexity index is 364. The Morgan fingerprint density at radius 3 is 2.88 bits per heavy atom. The first-order chi connectivity index (χ1) is 8.31. The number of esters is 1. The van der Waals surface area contributed by atoms with Gasteiger partial charge in [0.05, 0.1) is 7.11 Å². The molecule has 3 nitrogen and oxygen atoms in total. The fraction of sp³-hybridized carbons (Fsp3) is 0.500. The van der Waals surface area contributed by atoms with Crippen LogP contribution in [0, 0.1) is 5.92 Å². The molecule has 1 aromatic rings. The number of rotatable bonds is 3. The summed E-state index contributed by atoms with van der Waals surface area (Å²) in [6.45, 7) is 0.908. The highest BCUT2D eigenvalue weighted by atomic mass is 16.5. The number of methoxy groups -OCH3 is 1. The summed E-state index contributed by atoms with van der Waals surface area (Å²) in [5.41, 5.74) is 1.29. The molecule has 0 amide bonds. The smallest absolute Gasteiger partial charge is 0.323 e. The standard InChI is InChI=1S/C14H19NO2/c1-17-14(16)13-12(8-5-9-15-13)10-11-6-3-2-4-7-11/h2-4,6-7,12-13,15H,5,8-10H2,1H3/t12-,13-/m1/s1. The van der Waals surface area contributed by atoms with E-state index in [1.165, 1.54) is 12.7 Å². The van der Waals surface area contributed by atoms with Crippen molar-refractivity contribution in [1.29, 1.82) is 0 Å². The number of hydrogen-bond acceptors (Lipinski definition) is 3. The molecule has 0 aromatic heterocycles. The lowest BCUT2D eigenvalue weighted by atomic mass is 9.85. The molecule has 1 aliphatic rings. The van der Waals surface area contributed by atoms with Gasteiger partial charge in [0.2, 0.25) is 0 Å². The third-order valence-corrected chi connectivity index (χ3v) is 3.38. The SMILES string of the molecule is COC(=O)[C@@H]1NCCC[C@@H]1Cc1ccccc1. The lowest BCUT2D eigenvalue weighted by molar-refractivity contribution is -0.145. The number of benzene rings is 1. The Morgan fingerprint density at radius 1 is 1.41 bits per heavy atom. The second-order valence-electron chi connectivity index (χ2n) is 4.55. The summed E-state index contributed by atoms with van der Waals surface area (Å²) in [4.78, 5) is 11.7. The van der Waals surface area contributed by atoms with Crippen LogP contribution in [0.2, 0.25) is 0 Å². The van der Waals surface area contributed by atoms with Gasteiger partial charge in [-0.2, -0.15) is 0 Å². The minimum atomic E-state index is -0.144. The number of hydrogen-bond donors (Lipinski definition) is 1. The molecule has 1 heterocycles. The van der Waals surface area contributed by atoms with Gasteiger partial charge in [0.15, 0.2) is 0 Å². The van der Waals surface area contributed by atoms with Gasteiger partial charge in [-0.25, -0.2) is 0 Å². The number of nitrogens with one attached hydrogen (secondary N) is 1. The van der Waals surface area contributed by atoms with Crippen LogP contribution in [-0.2, 0) is 16.0 Å². The Morgan fingerprint density at radius 2 is 2.18 bits per heavy atom. The van der Waals surface area contributed by atoms with Gasteiger partial charge in [0.25, 0.3) is 0 Å². The second-order valence-corrected chi connectivity index (χ2v) is 4.55. The minimum Gasteiger partial charge on any atom is -0.468 e. The predicted molar refractivity (Wildman–Crippen MR) is 66.7 cm³/mol. The molecule has 2 atom stereocenters. The molecule has 17 heavy (non-hydrogen) atoms. The van der Waals surface area contributed by atoms with Gasteiger partial charge in [-0.1, -0.05) is 30.3 Å². The highest BCUT2D eigenvalue weighted by molar-refractivity contribution is 5.76. The Labute approximate surface area is 102 Å². The fourth-order valence-electron chi connectivity index (χ4n) is 2.49. The maximum Gasteiger partial charge on any atom is 0.323 e. The van der Waals surface area contributed by atoms with Crippen molar-refractivity contribution in [2.75, 3.05) is 13.7 Å². The van der Waals surface area contributed by atoms with Crippen molar-refractivity contribution in [2.24, 2.45) is 5.92 Å². The van der Waals surface area contributed by atoms with E-state index in [1.807, 2.05) is 18.2 Å². The van der Waals surface area contributed by atoms with Crippen LogP contribution >= 0.6 is 0 Å². The van der Waals surface area contributed by atoms with Crippen molar-refractivity contribution in [3.8, 4) is 0 Å². The first kappa shape index (κ1) is 12.1. The van der Waals surface area contributed by atoms with Crippen molar-refractivity contribution in [1.82, 2.24) is 5.32 Å². The van der Waals surface area contributed by atoms with E-state index in [9.17, 15) is 4.79 Å². The van der Waals surface area contributed by atoms with Crippen molar-refractivity contribution >= 4 is 5.97 Å². The summed E-state index contributed by atoms with van der Waals surface area (Å²) in [7, 11) is 1.46. The molecule has 1 saturated heterocycles. The summed E-state index contributed by atoms with van der Waals surface area (Å²) in [5, 5.41) is 3.27. The van der Waals surface area contributed by atoms with Gasteiger partial charge in [-0.3, -0.25) is 4.79 Å². The Kier molecular flexibility index (Phi) is 4.15. The summed E-state index contributed by atoms with van der Waals surface area (Å²) in [6, 6.07) is 10.2. The quantitative estimate of drug-likeness (QED) is 0.809. The zero-order valence-electron chi connectivity index (χ0n) is 10.2. The van der Waals surface area contributed by atoms with E-state index in [4.69, 9.17) is 4.74 Å². The molecule has 3 heteroatoms. The molecular weight excluding hydrogens is 214 g/mol. The van der Waals surface area contributed by atoms with Crippen LogP contribution in [0.5, 0.6) is 0 Å². The van der Waals surface area contributed by atoms with Crippen LogP contribution in [0.3, 0.4) is 0 Å². The van der Waals surface area contributed by atoms with Gasteiger partial charge >= 0.3 is 5.97 Å². The maximum absolute atomic E-state index is 11.7. The summed E-state index contributed by atoms with van der Waals surface area (Å²) < 4.78 is 4.86. The lowest BCUT2D eigenvalue weighted by Crippen LogP contribution is -2.48. The average Bonchev–Trinajstić information content (AvgIpc) is 2.40. The van der Waals surface area contributed by atoms with Crippen molar-refractivity contribution in [2.45, 2.75) is 25.3 Å². The van der Waals surface area contributed by atoms with E-state index in [0.29, 0.717) is 5.92 Å². The molecule has 1 N–H and O–H groups in total. The maximum atomic E-state index is 11.7. The summed E-state index contributed by atoms with van der Waals surface area (Å²) >= 11 is 0.